The Balaban J connectivity index is 0.000000133. The van der Waals surface area contributed by atoms with Crippen LogP contribution in [0.5, 0.6) is 0 Å². The highest BCUT2D eigenvalue weighted by Crippen LogP contribution is 2.33. The number of hydrogen-bond acceptors (Lipinski definition) is 2. The molecular formula is C46H40N2P2. The smallest absolute Gasteiger partial charge is 0.0394 e. The first-order valence-electron chi connectivity index (χ1n) is 16.6. The third-order valence-electron chi connectivity index (χ3n) is 8.08. The molecule has 4 N–H and O–H groups in total. The second kappa shape index (κ2) is 17.8. The van der Waals surface area contributed by atoms with Crippen LogP contribution in [0.4, 0.5) is 11.4 Å². The summed E-state index contributed by atoms with van der Waals surface area (Å²) < 4.78 is 0. The highest BCUT2D eigenvalue weighted by Gasteiger charge is 2.16. The molecule has 0 fully saturated rings. The van der Waals surface area contributed by atoms with E-state index in [1.165, 1.54) is 31.8 Å². The fourth-order valence-electron chi connectivity index (χ4n) is 5.72. The Bertz CT molecular complexity index is 1820. The van der Waals surface area contributed by atoms with E-state index in [1.807, 2.05) is 36.4 Å². The maximum atomic E-state index is 5.77. The molecular weight excluding hydrogens is 642 g/mol. The normalized spacial score (nSPS) is 10.5. The summed E-state index contributed by atoms with van der Waals surface area (Å²) in [4.78, 5) is 0. The SMILES string of the molecule is Nc1cccc2c(N)cccc12.c1ccc(P(c2ccccc2)c2ccccc2)cc1.c1ccc(P(c2ccccc2)c2ccccc2)cc1. The molecule has 0 spiro atoms. The number of hydrogen-bond donors (Lipinski definition) is 2. The van der Waals surface area contributed by atoms with Gasteiger partial charge >= 0.3 is 0 Å². The molecule has 4 heteroatoms. The van der Waals surface area contributed by atoms with E-state index >= 15 is 0 Å². The van der Waals surface area contributed by atoms with Crippen LogP contribution >= 0.6 is 15.8 Å². The average Bonchev–Trinajstić information content (AvgIpc) is 3.19. The van der Waals surface area contributed by atoms with E-state index in [0.29, 0.717) is 0 Å². The Morgan fingerprint density at radius 2 is 0.420 bits per heavy atom. The molecule has 0 saturated heterocycles. The standard InChI is InChI=1S/2C18H15P.C10H10N2/c2*1-4-10-16(11-5-1)19(17-12-6-2-7-13-17)18-14-8-3-9-15-18;11-9-5-1-3-7-8(9)4-2-6-10(7)12/h2*1-15H;1-6H,11-12H2. The minimum absolute atomic E-state index is 0.446. The lowest BCUT2D eigenvalue weighted by Gasteiger charge is -2.18. The van der Waals surface area contributed by atoms with E-state index in [-0.39, 0.29) is 0 Å². The lowest BCUT2D eigenvalue weighted by atomic mass is 10.1. The van der Waals surface area contributed by atoms with Crippen molar-refractivity contribution in [1.82, 2.24) is 0 Å². The van der Waals surface area contributed by atoms with E-state index in [2.05, 4.69) is 182 Å². The van der Waals surface area contributed by atoms with Gasteiger partial charge in [-0.05, 0) is 59.8 Å². The number of nitrogen functional groups attached to an aromatic ring is 2. The fraction of sp³-hybridized carbons (Fsp3) is 0. The summed E-state index contributed by atoms with van der Waals surface area (Å²) in [6.45, 7) is 0. The largest absolute Gasteiger partial charge is 0.398 e. The van der Waals surface area contributed by atoms with Crippen LogP contribution in [0, 0.1) is 0 Å². The van der Waals surface area contributed by atoms with Gasteiger partial charge < -0.3 is 11.5 Å². The van der Waals surface area contributed by atoms with Gasteiger partial charge in [0.2, 0.25) is 0 Å². The number of nitrogens with two attached hydrogens (primary N) is 2. The van der Waals surface area contributed by atoms with Gasteiger partial charge in [0.25, 0.3) is 0 Å². The van der Waals surface area contributed by atoms with E-state index < -0.39 is 15.8 Å². The Morgan fingerprint density at radius 3 is 0.620 bits per heavy atom. The van der Waals surface area contributed by atoms with Crippen LogP contribution in [0.15, 0.2) is 218 Å². The summed E-state index contributed by atoms with van der Waals surface area (Å²) in [5.41, 5.74) is 13.1. The lowest BCUT2D eigenvalue weighted by molar-refractivity contribution is 1.71. The maximum Gasteiger partial charge on any atom is 0.0394 e. The molecule has 0 radical (unpaired) electrons. The quantitative estimate of drug-likeness (QED) is 0.136. The highest BCUT2D eigenvalue weighted by atomic mass is 31.1. The van der Waals surface area contributed by atoms with Crippen molar-refractivity contribution in [1.29, 1.82) is 0 Å². The molecule has 0 atom stereocenters. The van der Waals surface area contributed by atoms with Gasteiger partial charge in [-0.3, -0.25) is 0 Å². The van der Waals surface area contributed by atoms with E-state index in [1.54, 1.807) is 0 Å². The molecule has 0 amide bonds. The number of fused-ring (bicyclic) bond motifs is 1. The van der Waals surface area contributed by atoms with Gasteiger partial charge in [0, 0.05) is 22.1 Å². The zero-order valence-electron chi connectivity index (χ0n) is 27.8. The van der Waals surface area contributed by atoms with E-state index in [4.69, 9.17) is 11.5 Å². The summed E-state index contributed by atoms with van der Waals surface area (Å²) in [6, 6.07) is 76.2. The second-order valence-corrected chi connectivity index (χ2v) is 15.9. The van der Waals surface area contributed by atoms with Crippen molar-refractivity contribution in [3.8, 4) is 0 Å². The molecule has 8 aromatic rings. The van der Waals surface area contributed by atoms with Crippen LogP contribution in [-0.2, 0) is 0 Å². The molecule has 0 aliphatic heterocycles. The summed E-state index contributed by atoms with van der Waals surface area (Å²) in [7, 11) is -0.892. The third-order valence-corrected chi connectivity index (χ3v) is 13.0. The lowest BCUT2D eigenvalue weighted by Crippen LogP contribution is -2.20. The van der Waals surface area contributed by atoms with Crippen LogP contribution in [0.3, 0.4) is 0 Å². The molecule has 0 aliphatic carbocycles. The first-order valence-corrected chi connectivity index (χ1v) is 19.3. The fourth-order valence-corrected chi connectivity index (χ4v) is 10.3. The monoisotopic (exact) mass is 682 g/mol. The van der Waals surface area contributed by atoms with Crippen LogP contribution in [0.25, 0.3) is 10.8 Å². The van der Waals surface area contributed by atoms with Crippen molar-refractivity contribution in [3.05, 3.63) is 218 Å². The molecule has 0 saturated carbocycles. The van der Waals surface area contributed by atoms with Crippen molar-refractivity contribution >= 4 is 69.8 Å². The maximum absolute atomic E-state index is 5.77. The van der Waals surface area contributed by atoms with Crippen molar-refractivity contribution in [2.75, 3.05) is 11.5 Å². The topological polar surface area (TPSA) is 52.0 Å². The number of rotatable bonds is 6. The van der Waals surface area contributed by atoms with Crippen molar-refractivity contribution in [3.63, 3.8) is 0 Å². The van der Waals surface area contributed by atoms with Gasteiger partial charge in [-0.25, -0.2) is 0 Å². The first-order chi connectivity index (χ1) is 24.7. The summed E-state index contributed by atoms with van der Waals surface area (Å²) in [5, 5.41) is 10.4. The number of anilines is 2. The van der Waals surface area contributed by atoms with Crippen molar-refractivity contribution in [2.45, 2.75) is 0 Å². The van der Waals surface area contributed by atoms with Crippen LogP contribution in [0.1, 0.15) is 0 Å². The molecule has 0 unspecified atom stereocenters. The van der Waals surface area contributed by atoms with Crippen molar-refractivity contribution in [2.24, 2.45) is 0 Å². The molecule has 244 valence electrons. The van der Waals surface area contributed by atoms with Gasteiger partial charge in [0.05, 0.1) is 0 Å². The first kappa shape index (κ1) is 34.3. The molecule has 2 nitrogen and oxygen atoms in total. The van der Waals surface area contributed by atoms with Crippen LogP contribution in [0.2, 0.25) is 0 Å². The predicted octanol–water partition coefficient (Wildman–Crippen LogP) is 8.89. The third kappa shape index (κ3) is 8.93. The Kier molecular flexibility index (Phi) is 12.2. The van der Waals surface area contributed by atoms with Crippen LogP contribution in [-0.4, -0.2) is 0 Å². The molecule has 0 aliphatic rings. The van der Waals surface area contributed by atoms with Gasteiger partial charge in [0.15, 0.2) is 0 Å². The van der Waals surface area contributed by atoms with E-state index in [0.717, 1.165) is 22.1 Å². The molecule has 0 heterocycles. The minimum Gasteiger partial charge on any atom is -0.398 e. The predicted molar refractivity (Wildman–Crippen MR) is 223 cm³/mol. The molecule has 0 aromatic heterocycles. The van der Waals surface area contributed by atoms with Gasteiger partial charge in [-0.1, -0.05) is 206 Å². The Morgan fingerprint density at radius 1 is 0.220 bits per heavy atom. The molecule has 50 heavy (non-hydrogen) atoms. The molecule has 8 aromatic carbocycles. The zero-order valence-corrected chi connectivity index (χ0v) is 29.6. The Labute approximate surface area is 298 Å². The Hall–Kier alpha value is -5.52. The molecule has 0 bridgehead atoms. The minimum atomic E-state index is -0.446. The average molecular weight is 683 g/mol. The summed E-state index contributed by atoms with van der Waals surface area (Å²) in [6.07, 6.45) is 0. The van der Waals surface area contributed by atoms with Gasteiger partial charge in [0.1, 0.15) is 0 Å². The van der Waals surface area contributed by atoms with E-state index in [9.17, 15) is 0 Å². The number of benzene rings is 8. The highest BCUT2D eigenvalue weighted by molar-refractivity contribution is 7.80. The van der Waals surface area contributed by atoms with Gasteiger partial charge in [-0.15, -0.1) is 0 Å². The zero-order chi connectivity index (χ0) is 34.4. The van der Waals surface area contributed by atoms with Gasteiger partial charge in [-0.2, -0.15) is 0 Å². The summed E-state index contributed by atoms with van der Waals surface area (Å²) >= 11 is 0. The van der Waals surface area contributed by atoms with Crippen LogP contribution < -0.4 is 43.3 Å². The second-order valence-electron chi connectivity index (χ2n) is 11.5. The van der Waals surface area contributed by atoms with Crippen molar-refractivity contribution < 1.29 is 0 Å². The molecule has 8 rings (SSSR count). The summed E-state index contributed by atoms with van der Waals surface area (Å²) in [5.74, 6) is 0.